The second-order valence-corrected chi connectivity index (χ2v) is 5.13. The highest BCUT2D eigenvalue weighted by Crippen LogP contribution is 2.09. The highest BCUT2D eigenvalue weighted by Gasteiger charge is 2.18. The number of carbonyl (C=O) groups is 1. The number of hydrogen-bond donors (Lipinski definition) is 1. The van der Waals surface area contributed by atoms with Gasteiger partial charge < -0.3 is 5.32 Å². The number of amides is 1. The Morgan fingerprint density at radius 2 is 2.25 bits per heavy atom. The monoisotopic (exact) mass is 335 g/mol. The van der Waals surface area contributed by atoms with Gasteiger partial charge in [0.1, 0.15) is 0 Å². The molecule has 5 heteroatoms. The van der Waals surface area contributed by atoms with E-state index in [4.69, 9.17) is 0 Å². The minimum Gasteiger partial charge on any atom is -0.348 e. The molecule has 0 bridgehead atoms. The fourth-order valence-corrected chi connectivity index (χ4v) is 2.59. The predicted molar refractivity (Wildman–Crippen MR) is 72.9 cm³/mol. The summed E-state index contributed by atoms with van der Waals surface area (Å²) in [5.41, 5.74) is 1.56. The smallest absolute Gasteiger partial charge is 0.254 e. The molecule has 1 heterocycles. The number of nitrogens with one attached hydrogen (secondary N) is 1. The maximum Gasteiger partial charge on any atom is 0.254 e. The van der Waals surface area contributed by atoms with Crippen LogP contribution in [-0.4, -0.2) is 26.2 Å². The van der Waals surface area contributed by atoms with E-state index in [9.17, 15) is 4.79 Å². The number of aromatic nitrogens is 2. The number of hydrogen-bond acceptors (Lipinski definition) is 2. The maximum atomic E-state index is 12.0. The first-order valence-corrected chi connectivity index (χ1v) is 6.85. The Hall–Kier alpha value is -0.590. The number of rotatable bonds is 4. The van der Waals surface area contributed by atoms with Crippen LogP contribution in [0.25, 0.3) is 0 Å². The summed E-state index contributed by atoms with van der Waals surface area (Å²) in [6.07, 6.45) is 1.62. The van der Waals surface area contributed by atoms with Gasteiger partial charge in [-0.25, -0.2) is 0 Å². The minimum absolute atomic E-state index is 0.0269. The van der Waals surface area contributed by atoms with Crippen molar-refractivity contribution in [3.05, 3.63) is 17.5 Å². The van der Waals surface area contributed by atoms with E-state index >= 15 is 0 Å². The van der Waals surface area contributed by atoms with Crippen LogP contribution in [0.2, 0.25) is 0 Å². The molecular weight excluding hydrogens is 317 g/mol. The average molecular weight is 335 g/mol. The third-order valence-electron chi connectivity index (χ3n) is 2.77. The molecule has 0 aromatic carbocycles. The van der Waals surface area contributed by atoms with Gasteiger partial charge in [0.25, 0.3) is 5.91 Å². The second-order valence-electron chi connectivity index (χ2n) is 4.25. The van der Waals surface area contributed by atoms with Crippen LogP contribution in [0.1, 0.15) is 29.9 Å². The average Bonchev–Trinajstić information content (AvgIpc) is 2.55. The molecule has 1 amide bonds. The van der Waals surface area contributed by atoms with Crippen LogP contribution in [-0.2, 0) is 7.05 Å². The molecular formula is C11H18IN3O. The van der Waals surface area contributed by atoms with E-state index in [2.05, 4.69) is 46.9 Å². The van der Waals surface area contributed by atoms with Crippen molar-refractivity contribution < 1.29 is 4.79 Å². The molecule has 1 unspecified atom stereocenters. The highest BCUT2D eigenvalue weighted by molar-refractivity contribution is 14.1. The minimum atomic E-state index is -0.0269. The lowest BCUT2D eigenvalue weighted by Crippen LogP contribution is -2.39. The Bertz CT molecular complexity index is 373. The van der Waals surface area contributed by atoms with Crippen LogP contribution in [0.3, 0.4) is 0 Å². The van der Waals surface area contributed by atoms with Gasteiger partial charge in [-0.3, -0.25) is 9.48 Å². The van der Waals surface area contributed by atoms with E-state index < -0.39 is 0 Å². The van der Waals surface area contributed by atoms with Crippen molar-refractivity contribution in [1.82, 2.24) is 15.1 Å². The Morgan fingerprint density at radius 1 is 1.62 bits per heavy atom. The summed E-state index contributed by atoms with van der Waals surface area (Å²) < 4.78 is 2.63. The lowest BCUT2D eigenvalue weighted by atomic mass is 10.1. The van der Waals surface area contributed by atoms with Crippen LogP contribution >= 0.6 is 22.6 Å². The number of carbonyl (C=O) groups excluding carboxylic acids is 1. The summed E-state index contributed by atoms with van der Waals surface area (Å²) in [4.78, 5) is 12.0. The summed E-state index contributed by atoms with van der Waals surface area (Å²) >= 11 is 2.30. The summed E-state index contributed by atoms with van der Waals surface area (Å²) in [7, 11) is 1.84. The molecule has 1 rings (SSSR count). The van der Waals surface area contributed by atoms with Gasteiger partial charge in [0.05, 0.1) is 11.8 Å². The van der Waals surface area contributed by atoms with Crippen LogP contribution in [0.4, 0.5) is 0 Å². The largest absolute Gasteiger partial charge is 0.348 e. The van der Waals surface area contributed by atoms with Crippen molar-refractivity contribution >= 4 is 28.5 Å². The first kappa shape index (κ1) is 13.5. The lowest BCUT2D eigenvalue weighted by molar-refractivity contribution is 0.0931. The third-order valence-corrected chi connectivity index (χ3v) is 3.72. The number of alkyl halides is 1. The molecule has 1 N–H and O–H groups in total. The molecule has 0 aliphatic rings. The van der Waals surface area contributed by atoms with Gasteiger partial charge in [0, 0.05) is 23.2 Å². The molecule has 16 heavy (non-hydrogen) atoms. The summed E-state index contributed by atoms with van der Waals surface area (Å²) in [6, 6.07) is 0.215. The zero-order valence-corrected chi connectivity index (χ0v) is 12.3. The maximum absolute atomic E-state index is 12.0. The van der Waals surface area contributed by atoms with Crippen molar-refractivity contribution in [3.63, 3.8) is 0 Å². The van der Waals surface area contributed by atoms with E-state index in [0.29, 0.717) is 11.5 Å². The van der Waals surface area contributed by atoms with E-state index in [0.717, 1.165) is 10.1 Å². The van der Waals surface area contributed by atoms with Gasteiger partial charge in [-0.2, -0.15) is 5.10 Å². The normalized spacial score (nSPS) is 12.9. The summed E-state index contributed by atoms with van der Waals surface area (Å²) in [5.74, 6) is 0.416. The zero-order valence-electron chi connectivity index (χ0n) is 10.1. The number of halogens is 1. The van der Waals surface area contributed by atoms with Gasteiger partial charge in [0.15, 0.2) is 0 Å². The Balaban J connectivity index is 2.76. The highest BCUT2D eigenvalue weighted by atomic mass is 127. The molecule has 0 aliphatic carbocycles. The molecule has 0 saturated carbocycles. The molecule has 1 aromatic rings. The topological polar surface area (TPSA) is 46.9 Å². The quantitative estimate of drug-likeness (QED) is 0.675. The van der Waals surface area contributed by atoms with Gasteiger partial charge in [-0.15, -0.1) is 0 Å². The summed E-state index contributed by atoms with van der Waals surface area (Å²) in [5, 5.41) is 7.11. The van der Waals surface area contributed by atoms with E-state index in [1.165, 1.54) is 0 Å². The van der Waals surface area contributed by atoms with E-state index in [1.807, 2.05) is 14.0 Å². The predicted octanol–water partition coefficient (Wildman–Crippen LogP) is 1.92. The van der Waals surface area contributed by atoms with Crippen molar-refractivity contribution in [2.75, 3.05) is 4.43 Å². The van der Waals surface area contributed by atoms with Crippen LogP contribution in [0.5, 0.6) is 0 Å². The van der Waals surface area contributed by atoms with Gasteiger partial charge in [-0.05, 0) is 12.8 Å². The van der Waals surface area contributed by atoms with Gasteiger partial charge in [0.2, 0.25) is 0 Å². The van der Waals surface area contributed by atoms with E-state index in [-0.39, 0.29) is 11.9 Å². The molecule has 0 fully saturated rings. The Kier molecular flexibility index (Phi) is 4.76. The number of aryl methyl sites for hydroxylation is 1. The Labute approximate surface area is 110 Å². The standard InChI is InChI=1S/C11H18IN3O/c1-7(2)10(5-12)14-11(16)9-6-13-15(4)8(9)3/h6-7,10H,5H2,1-4H3,(H,14,16). The first-order valence-electron chi connectivity index (χ1n) is 5.32. The van der Waals surface area contributed by atoms with Crippen molar-refractivity contribution in [2.24, 2.45) is 13.0 Å². The van der Waals surface area contributed by atoms with Crippen molar-refractivity contribution in [2.45, 2.75) is 26.8 Å². The Morgan fingerprint density at radius 3 is 2.62 bits per heavy atom. The molecule has 0 aliphatic heterocycles. The molecule has 1 aromatic heterocycles. The molecule has 4 nitrogen and oxygen atoms in total. The van der Waals surface area contributed by atoms with Crippen molar-refractivity contribution in [3.8, 4) is 0 Å². The van der Waals surface area contributed by atoms with Crippen LogP contribution in [0, 0.1) is 12.8 Å². The third kappa shape index (κ3) is 2.96. The zero-order chi connectivity index (χ0) is 12.3. The van der Waals surface area contributed by atoms with Crippen LogP contribution in [0.15, 0.2) is 6.20 Å². The SMILES string of the molecule is Cc1c(C(=O)NC(CI)C(C)C)cnn1C. The first-order chi connectivity index (χ1) is 7.47. The fraction of sp³-hybridized carbons (Fsp3) is 0.636. The van der Waals surface area contributed by atoms with Gasteiger partial charge in [-0.1, -0.05) is 36.4 Å². The van der Waals surface area contributed by atoms with Crippen molar-refractivity contribution in [1.29, 1.82) is 0 Å². The van der Waals surface area contributed by atoms with Crippen LogP contribution < -0.4 is 5.32 Å². The van der Waals surface area contributed by atoms with E-state index in [1.54, 1.807) is 10.9 Å². The molecule has 0 radical (unpaired) electrons. The fourth-order valence-electron chi connectivity index (χ4n) is 1.35. The van der Waals surface area contributed by atoms with Gasteiger partial charge >= 0.3 is 0 Å². The number of nitrogens with zero attached hydrogens (tertiary/aromatic N) is 2. The molecule has 90 valence electrons. The summed E-state index contributed by atoms with van der Waals surface area (Å²) in [6.45, 7) is 6.12. The molecule has 0 spiro atoms. The second kappa shape index (κ2) is 5.65. The molecule has 1 atom stereocenters. The lowest BCUT2D eigenvalue weighted by Gasteiger charge is -2.19. The molecule has 0 saturated heterocycles.